The number of nitrogens with two attached hydrogens (primary N) is 1. The maximum absolute atomic E-state index is 12.4. The molecule has 1 aromatic carbocycles. The summed E-state index contributed by atoms with van der Waals surface area (Å²) in [7, 11) is 0. The molecule has 1 heterocycles. The number of nitrogen functional groups attached to an aromatic ring is 1. The van der Waals surface area contributed by atoms with Gasteiger partial charge in [0.25, 0.3) is 5.91 Å². The van der Waals surface area contributed by atoms with Crippen molar-refractivity contribution in [3.05, 3.63) is 23.8 Å². The van der Waals surface area contributed by atoms with Gasteiger partial charge in [0.05, 0.1) is 10.2 Å². The summed E-state index contributed by atoms with van der Waals surface area (Å²) in [6.07, 6.45) is 1.74. The van der Waals surface area contributed by atoms with E-state index in [2.05, 4.69) is 4.98 Å². The SMILES string of the molecule is Nc1nc2ccc(C(=O)N(CC(=O)O)C3CC3)cc2s1. The predicted molar refractivity (Wildman–Crippen MR) is 75.7 cm³/mol. The fourth-order valence-corrected chi connectivity index (χ4v) is 2.91. The van der Waals surface area contributed by atoms with Gasteiger partial charge in [0.15, 0.2) is 5.13 Å². The first-order valence-electron chi connectivity index (χ1n) is 6.23. The monoisotopic (exact) mass is 291 g/mol. The molecule has 1 aliphatic rings. The number of hydrogen-bond acceptors (Lipinski definition) is 5. The highest BCUT2D eigenvalue weighted by molar-refractivity contribution is 7.22. The number of carbonyl (C=O) groups is 2. The lowest BCUT2D eigenvalue weighted by Crippen LogP contribution is -2.37. The van der Waals surface area contributed by atoms with Crippen LogP contribution in [0.1, 0.15) is 23.2 Å². The average Bonchev–Trinajstić information content (AvgIpc) is 3.15. The van der Waals surface area contributed by atoms with E-state index in [9.17, 15) is 9.59 Å². The van der Waals surface area contributed by atoms with Gasteiger partial charge in [-0.25, -0.2) is 4.98 Å². The van der Waals surface area contributed by atoms with Crippen LogP contribution in [0.25, 0.3) is 10.2 Å². The van der Waals surface area contributed by atoms with Crippen molar-refractivity contribution in [2.24, 2.45) is 0 Å². The first-order valence-corrected chi connectivity index (χ1v) is 7.05. The summed E-state index contributed by atoms with van der Waals surface area (Å²) in [6, 6.07) is 5.19. The molecule has 1 aliphatic carbocycles. The van der Waals surface area contributed by atoms with E-state index in [0.29, 0.717) is 10.7 Å². The van der Waals surface area contributed by atoms with Gasteiger partial charge >= 0.3 is 5.97 Å². The molecule has 104 valence electrons. The summed E-state index contributed by atoms with van der Waals surface area (Å²) in [6.45, 7) is -0.258. The molecule has 0 bridgehead atoms. The van der Waals surface area contributed by atoms with Crippen molar-refractivity contribution < 1.29 is 14.7 Å². The van der Waals surface area contributed by atoms with Crippen molar-refractivity contribution in [1.29, 1.82) is 0 Å². The number of rotatable bonds is 4. The molecule has 1 fully saturated rings. The molecule has 2 aromatic rings. The van der Waals surface area contributed by atoms with Crippen LogP contribution < -0.4 is 5.73 Å². The molecule has 1 aromatic heterocycles. The molecule has 20 heavy (non-hydrogen) atoms. The van der Waals surface area contributed by atoms with Gasteiger partial charge in [-0.2, -0.15) is 0 Å². The number of carbonyl (C=O) groups excluding carboxylic acids is 1. The Hall–Kier alpha value is -2.15. The van der Waals surface area contributed by atoms with Gasteiger partial charge in [0.1, 0.15) is 6.54 Å². The number of thiazole rings is 1. The number of benzene rings is 1. The Morgan fingerprint density at radius 3 is 2.85 bits per heavy atom. The molecule has 1 saturated carbocycles. The summed E-state index contributed by atoms with van der Waals surface area (Å²) in [5.41, 5.74) is 6.87. The lowest BCUT2D eigenvalue weighted by molar-refractivity contribution is -0.137. The van der Waals surface area contributed by atoms with E-state index >= 15 is 0 Å². The summed E-state index contributed by atoms with van der Waals surface area (Å²) in [5.74, 6) is -1.24. The minimum atomic E-state index is -0.992. The van der Waals surface area contributed by atoms with Crippen molar-refractivity contribution in [3.63, 3.8) is 0 Å². The number of anilines is 1. The van der Waals surface area contributed by atoms with Crippen molar-refractivity contribution in [3.8, 4) is 0 Å². The minimum absolute atomic E-state index is 0.0563. The van der Waals surface area contributed by atoms with E-state index in [0.717, 1.165) is 23.1 Å². The maximum Gasteiger partial charge on any atom is 0.323 e. The van der Waals surface area contributed by atoms with E-state index in [1.165, 1.54) is 16.2 Å². The lowest BCUT2D eigenvalue weighted by atomic mass is 10.2. The van der Waals surface area contributed by atoms with Gasteiger partial charge in [-0.3, -0.25) is 9.59 Å². The molecule has 7 heteroatoms. The molecule has 0 atom stereocenters. The molecule has 0 saturated heterocycles. The van der Waals surface area contributed by atoms with Gasteiger partial charge in [0.2, 0.25) is 0 Å². The highest BCUT2D eigenvalue weighted by Crippen LogP contribution is 2.30. The second-order valence-corrected chi connectivity index (χ2v) is 5.85. The molecular formula is C13H13N3O3S. The maximum atomic E-state index is 12.4. The van der Waals surface area contributed by atoms with Crippen LogP contribution in [0.2, 0.25) is 0 Å². The molecule has 0 radical (unpaired) electrons. The molecule has 3 rings (SSSR count). The molecular weight excluding hydrogens is 278 g/mol. The Morgan fingerprint density at radius 1 is 1.45 bits per heavy atom. The Kier molecular flexibility index (Phi) is 3.06. The molecule has 6 nitrogen and oxygen atoms in total. The normalized spacial score (nSPS) is 14.4. The smallest absolute Gasteiger partial charge is 0.323 e. The van der Waals surface area contributed by atoms with E-state index in [1.807, 2.05) is 0 Å². The van der Waals surface area contributed by atoms with Crippen LogP contribution in [0, 0.1) is 0 Å². The third-order valence-corrected chi connectivity index (χ3v) is 4.05. The molecule has 3 N–H and O–H groups in total. The highest BCUT2D eigenvalue weighted by atomic mass is 32.1. The second kappa shape index (κ2) is 4.75. The van der Waals surface area contributed by atoms with E-state index in [1.54, 1.807) is 18.2 Å². The van der Waals surface area contributed by atoms with Gasteiger partial charge in [-0.15, -0.1) is 0 Å². The molecule has 1 amide bonds. The zero-order valence-electron chi connectivity index (χ0n) is 10.6. The summed E-state index contributed by atoms with van der Waals surface area (Å²) in [5, 5.41) is 9.37. The van der Waals surface area contributed by atoms with Crippen LogP contribution in [-0.2, 0) is 4.79 Å². The molecule has 0 aliphatic heterocycles. The third kappa shape index (κ3) is 2.44. The summed E-state index contributed by atoms with van der Waals surface area (Å²) in [4.78, 5) is 28.9. The third-order valence-electron chi connectivity index (χ3n) is 3.21. The number of fused-ring (bicyclic) bond motifs is 1. The van der Waals surface area contributed by atoms with Crippen LogP contribution in [0.4, 0.5) is 5.13 Å². The largest absolute Gasteiger partial charge is 0.480 e. The van der Waals surface area contributed by atoms with Crippen molar-refractivity contribution in [2.75, 3.05) is 12.3 Å². The van der Waals surface area contributed by atoms with Crippen molar-refractivity contribution in [1.82, 2.24) is 9.88 Å². The van der Waals surface area contributed by atoms with Crippen molar-refractivity contribution >= 4 is 38.6 Å². The standard InChI is InChI=1S/C13H13N3O3S/c14-13-15-9-4-1-7(5-10(9)20-13)12(19)16(6-11(17)18)8-2-3-8/h1,4-5,8H,2-3,6H2,(H2,14,15)(H,17,18). The fourth-order valence-electron chi connectivity index (χ4n) is 2.14. The van der Waals surface area contributed by atoms with Gasteiger partial charge in [0, 0.05) is 11.6 Å². The summed E-state index contributed by atoms with van der Waals surface area (Å²) < 4.78 is 0.833. The number of aromatic nitrogens is 1. The average molecular weight is 291 g/mol. The van der Waals surface area contributed by atoms with Crippen LogP contribution in [0.3, 0.4) is 0 Å². The van der Waals surface area contributed by atoms with Gasteiger partial charge < -0.3 is 15.7 Å². The van der Waals surface area contributed by atoms with Crippen LogP contribution >= 0.6 is 11.3 Å². The second-order valence-electron chi connectivity index (χ2n) is 4.79. The molecule has 0 unspecified atom stereocenters. The van der Waals surface area contributed by atoms with E-state index in [-0.39, 0.29) is 18.5 Å². The Morgan fingerprint density at radius 2 is 2.20 bits per heavy atom. The summed E-state index contributed by atoms with van der Waals surface area (Å²) >= 11 is 1.31. The minimum Gasteiger partial charge on any atom is -0.480 e. The molecule has 0 spiro atoms. The first-order chi connectivity index (χ1) is 9.54. The van der Waals surface area contributed by atoms with Crippen molar-refractivity contribution in [2.45, 2.75) is 18.9 Å². The fraction of sp³-hybridized carbons (Fsp3) is 0.308. The number of nitrogens with zero attached hydrogens (tertiary/aromatic N) is 2. The highest BCUT2D eigenvalue weighted by Gasteiger charge is 2.34. The Bertz CT molecular complexity index is 693. The Balaban J connectivity index is 1.91. The number of carboxylic acid groups (broad SMARTS) is 1. The Labute approximate surface area is 118 Å². The quantitative estimate of drug-likeness (QED) is 0.891. The number of carboxylic acids is 1. The lowest BCUT2D eigenvalue weighted by Gasteiger charge is -2.20. The zero-order valence-corrected chi connectivity index (χ0v) is 11.4. The van der Waals surface area contributed by atoms with E-state index < -0.39 is 5.97 Å². The van der Waals surface area contributed by atoms with Gasteiger partial charge in [-0.1, -0.05) is 11.3 Å². The number of aliphatic carboxylic acids is 1. The first kappa shape index (κ1) is 12.9. The van der Waals surface area contributed by atoms with E-state index in [4.69, 9.17) is 10.8 Å². The topological polar surface area (TPSA) is 96.5 Å². The van der Waals surface area contributed by atoms with Crippen LogP contribution in [-0.4, -0.2) is 39.5 Å². The van der Waals surface area contributed by atoms with Crippen LogP contribution in [0.15, 0.2) is 18.2 Å². The number of hydrogen-bond donors (Lipinski definition) is 2. The number of amides is 1. The zero-order chi connectivity index (χ0) is 14.3. The predicted octanol–water partition coefficient (Wildman–Crippen LogP) is 1.57. The van der Waals surface area contributed by atoms with Gasteiger partial charge in [-0.05, 0) is 31.0 Å². The van der Waals surface area contributed by atoms with Crippen LogP contribution in [0.5, 0.6) is 0 Å².